The SMILES string of the molecule is CNC(c1ccccc1)C(C)(C)CN1CCSC(C)(C)C1. The number of hydrogen-bond acceptors (Lipinski definition) is 3. The van der Waals surface area contributed by atoms with Gasteiger partial charge in [0.1, 0.15) is 0 Å². The van der Waals surface area contributed by atoms with Crippen molar-refractivity contribution in [3.63, 3.8) is 0 Å². The molecule has 1 aliphatic heterocycles. The van der Waals surface area contributed by atoms with Crippen molar-refractivity contribution in [2.45, 2.75) is 38.5 Å². The van der Waals surface area contributed by atoms with E-state index in [1.165, 1.54) is 24.4 Å². The van der Waals surface area contributed by atoms with Crippen LogP contribution in [0.1, 0.15) is 39.3 Å². The molecule has 0 spiro atoms. The van der Waals surface area contributed by atoms with Crippen LogP contribution in [0.3, 0.4) is 0 Å². The Morgan fingerprint density at radius 2 is 1.95 bits per heavy atom. The van der Waals surface area contributed by atoms with Gasteiger partial charge in [-0.2, -0.15) is 11.8 Å². The summed E-state index contributed by atoms with van der Waals surface area (Å²) in [6.07, 6.45) is 0. The predicted octanol–water partition coefficient (Wildman–Crippen LogP) is 3.80. The summed E-state index contributed by atoms with van der Waals surface area (Å²) in [6.45, 7) is 13.0. The third-order valence-electron chi connectivity index (χ3n) is 4.34. The average Bonchev–Trinajstić information content (AvgIpc) is 2.38. The molecule has 1 unspecified atom stereocenters. The van der Waals surface area contributed by atoms with Gasteiger partial charge in [-0.25, -0.2) is 0 Å². The molecule has 1 fully saturated rings. The van der Waals surface area contributed by atoms with E-state index < -0.39 is 0 Å². The maximum atomic E-state index is 3.54. The minimum atomic E-state index is 0.203. The fourth-order valence-electron chi connectivity index (χ4n) is 3.57. The maximum absolute atomic E-state index is 3.54. The van der Waals surface area contributed by atoms with Crippen LogP contribution in [0.2, 0.25) is 0 Å². The Morgan fingerprint density at radius 3 is 2.52 bits per heavy atom. The minimum absolute atomic E-state index is 0.203. The fraction of sp³-hybridized carbons (Fsp3) is 0.667. The third-order valence-corrected chi connectivity index (χ3v) is 5.64. The lowest BCUT2D eigenvalue weighted by molar-refractivity contribution is 0.135. The summed E-state index contributed by atoms with van der Waals surface area (Å²) in [6, 6.07) is 11.2. The van der Waals surface area contributed by atoms with Gasteiger partial charge in [-0.05, 0) is 31.9 Å². The van der Waals surface area contributed by atoms with Crippen LogP contribution < -0.4 is 5.32 Å². The lowest BCUT2D eigenvalue weighted by Crippen LogP contribution is -2.49. The summed E-state index contributed by atoms with van der Waals surface area (Å²) in [5.74, 6) is 1.25. The number of rotatable bonds is 5. The Labute approximate surface area is 134 Å². The zero-order valence-corrected chi connectivity index (χ0v) is 15.0. The molecule has 1 aliphatic rings. The second-order valence-electron chi connectivity index (χ2n) is 7.44. The molecule has 0 aromatic heterocycles. The molecule has 0 bridgehead atoms. The molecule has 0 radical (unpaired) electrons. The van der Waals surface area contributed by atoms with E-state index in [-0.39, 0.29) is 5.41 Å². The summed E-state index contributed by atoms with van der Waals surface area (Å²) in [5, 5.41) is 3.54. The van der Waals surface area contributed by atoms with Crippen molar-refractivity contribution in [2.24, 2.45) is 5.41 Å². The monoisotopic (exact) mass is 306 g/mol. The minimum Gasteiger partial charge on any atom is -0.313 e. The van der Waals surface area contributed by atoms with Crippen LogP contribution in [0.15, 0.2) is 30.3 Å². The van der Waals surface area contributed by atoms with Crippen molar-refractivity contribution >= 4 is 11.8 Å². The highest BCUT2D eigenvalue weighted by Crippen LogP contribution is 2.36. The highest BCUT2D eigenvalue weighted by Gasteiger charge is 2.35. The van der Waals surface area contributed by atoms with Crippen LogP contribution >= 0.6 is 11.8 Å². The Bertz CT molecular complexity index is 442. The van der Waals surface area contributed by atoms with E-state index in [2.05, 4.69) is 87.1 Å². The molecule has 0 aliphatic carbocycles. The number of hydrogen-bond donors (Lipinski definition) is 1. The zero-order chi connectivity index (χ0) is 15.5. The first-order valence-electron chi connectivity index (χ1n) is 7.93. The zero-order valence-electron chi connectivity index (χ0n) is 14.1. The van der Waals surface area contributed by atoms with E-state index in [0.29, 0.717) is 10.8 Å². The molecular weight excluding hydrogens is 276 g/mol. The molecule has 1 saturated heterocycles. The summed E-state index contributed by atoms with van der Waals surface area (Å²) >= 11 is 2.10. The van der Waals surface area contributed by atoms with Gasteiger partial charge in [0.2, 0.25) is 0 Å². The largest absolute Gasteiger partial charge is 0.313 e. The average molecular weight is 307 g/mol. The first-order valence-corrected chi connectivity index (χ1v) is 8.91. The fourth-order valence-corrected chi connectivity index (χ4v) is 4.75. The van der Waals surface area contributed by atoms with Crippen molar-refractivity contribution in [1.82, 2.24) is 10.2 Å². The highest BCUT2D eigenvalue weighted by molar-refractivity contribution is 8.00. The van der Waals surface area contributed by atoms with Gasteiger partial charge in [0.05, 0.1) is 0 Å². The van der Waals surface area contributed by atoms with Crippen LogP contribution in [0.5, 0.6) is 0 Å². The lowest BCUT2D eigenvalue weighted by atomic mass is 9.79. The van der Waals surface area contributed by atoms with E-state index in [0.717, 1.165) is 6.54 Å². The molecule has 118 valence electrons. The van der Waals surface area contributed by atoms with Crippen molar-refractivity contribution < 1.29 is 0 Å². The molecule has 2 rings (SSSR count). The van der Waals surface area contributed by atoms with Crippen LogP contribution in [-0.2, 0) is 0 Å². The molecule has 1 heterocycles. The van der Waals surface area contributed by atoms with E-state index in [1.807, 2.05) is 0 Å². The summed E-state index contributed by atoms with van der Waals surface area (Å²) < 4.78 is 0.385. The predicted molar refractivity (Wildman–Crippen MR) is 95.0 cm³/mol. The van der Waals surface area contributed by atoms with Gasteiger partial charge < -0.3 is 10.2 Å². The van der Waals surface area contributed by atoms with Crippen molar-refractivity contribution in [3.05, 3.63) is 35.9 Å². The van der Waals surface area contributed by atoms with Gasteiger partial charge in [-0.1, -0.05) is 44.2 Å². The van der Waals surface area contributed by atoms with Gasteiger partial charge in [0.25, 0.3) is 0 Å². The summed E-state index contributed by atoms with van der Waals surface area (Å²) in [7, 11) is 2.08. The summed E-state index contributed by atoms with van der Waals surface area (Å²) in [4.78, 5) is 2.64. The molecule has 1 N–H and O–H groups in total. The van der Waals surface area contributed by atoms with Gasteiger partial charge in [0.15, 0.2) is 0 Å². The summed E-state index contributed by atoms with van der Waals surface area (Å²) in [5.41, 5.74) is 1.59. The number of nitrogens with one attached hydrogen (secondary N) is 1. The smallest absolute Gasteiger partial charge is 0.0381 e. The van der Waals surface area contributed by atoms with Crippen LogP contribution in [0.4, 0.5) is 0 Å². The lowest BCUT2D eigenvalue weighted by Gasteiger charge is -2.44. The third kappa shape index (κ3) is 4.48. The standard InChI is InChI=1S/C18H30N2S/c1-17(2,13-20-11-12-21-18(3,4)14-20)16(19-5)15-9-7-6-8-10-15/h6-10,16,19H,11-14H2,1-5H3. The van der Waals surface area contributed by atoms with E-state index in [4.69, 9.17) is 0 Å². The van der Waals surface area contributed by atoms with Crippen LogP contribution in [-0.4, -0.2) is 42.1 Å². The Balaban J connectivity index is 2.09. The molecule has 21 heavy (non-hydrogen) atoms. The topological polar surface area (TPSA) is 15.3 Å². The molecule has 1 aromatic rings. The number of nitrogens with zero attached hydrogens (tertiary/aromatic N) is 1. The Morgan fingerprint density at radius 1 is 1.29 bits per heavy atom. The van der Waals surface area contributed by atoms with Crippen LogP contribution in [0.25, 0.3) is 0 Å². The van der Waals surface area contributed by atoms with E-state index in [1.54, 1.807) is 0 Å². The second-order valence-corrected chi connectivity index (χ2v) is 9.24. The maximum Gasteiger partial charge on any atom is 0.0381 e. The number of thioether (sulfide) groups is 1. The van der Waals surface area contributed by atoms with Gasteiger partial charge in [-0.15, -0.1) is 0 Å². The molecule has 1 aromatic carbocycles. The van der Waals surface area contributed by atoms with Crippen molar-refractivity contribution in [2.75, 3.05) is 32.4 Å². The first kappa shape index (κ1) is 16.9. The molecule has 2 nitrogen and oxygen atoms in total. The molecule has 3 heteroatoms. The quantitative estimate of drug-likeness (QED) is 0.891. The Kier molecular flexibility index (Phi) is 5.39. The van der Waals surface area contributed by atoms with Gasteiger partial charge >= 0.3 is 0 Å². The molecular formula is C18H30N2S. The Hall–Kier alpha value is -0.510. The second kappa shape index (κ2) is 6.72. The van der Waals surface area contributed by atoms with E-state index >= 15 is 0 Å². The number of benzene rings is 1. The normalized spacial score (nSPS) is 21.2. The molecule has 1 atom stereocenters. The van der Waals surface area contributed by atoms with Crippen LogP contribution in [0, 0.1) is 5.41 Å². The molecule has 0 saturated carbocycles. The highest BCUT2D eigenvalue weighted by atomic mass is 32.2. The van der Waals surface area contributed by atoms with Crippen molar-refractivity contribution in [1.29, 1.82) is 0 Å². The van der Waals surface area contributed by atoms with Gasteiger partial charge in [0, 0.05) is 36.2 Å². The first-order chi connectivity index (χ1) is 9.84. The molecule has 0 amide bonds. The van der Waals surface area contributed by atoms with E-state index in [9.17, 15) is 0 Å². The van der Waals surface area contributed by atoms with Gasteiger partial charge in [-0.3, -0.25) is 0 Å². The van der Waals surface area contributed by atoms with Crippen molar-refractivity contribution in [3.8, 4) is 0 Å².